The number of alkyl carbamates (subject to hydrolysis) is 1. The summed E-state index contributed by atoms with van der Waals surface area (Å²) in [4.78, 5) is 24.9. The molecule has 0 aromatic rings. The van der Waals surface area contributed by atoms with Crippen LogP contribution in [-0.2, 0) is 9.47 Å². The van der Waals surface area contributed by atoms with Crippen molar-refractivity contribution < 1.29 is 19.1 Å². The monoisotopic (exact) mass is 256 g/mol. The van der Waals surface area contributed by atoms with Crippen molar-refractivity contribution >= 4 is 12.2 Å². The van der Waals surface area contributed by atoms with Gasteiger partial charge in [-0.25, -0.2) is 9.59 Å². The molecule has 2 rings (SSSR count). The van der Waals surface area contributed by atoms with Gasteiger partial charge in [0, 0.05) is 13.0 Å². The Kier molecular flexibility index (Phi) is 3.12. The first-order chi connectivity index (χ1) is 8.28. The van der Waals surface area contributed by atoms with Crippen molar-refractivity contribution in [2.45, 2.75) is 57.9 Å². The summed E-state index contributed by atoms with van der Waals surface area (Å²) in [6, 6.07) is -0.260. The fourth-order valence-electron chi connectivity index (χ4n) is 2.39. The lowest BCUT2D eigenvalue weighted by molar-refractivity contribution is -0.00431. The molecule has 2 fully saturated rings. The summed E-state index contributed by atoms with van der Waals surface area (Å²) in [5, 5.41) is 2.74. The second-order valence-electron chi connectivity index (χ2n) is 5.82. The van der Waals surface area contributed by atoms with Crippen LogP contribution in [-0.4, -0.2) is 47.4 Å². The molecule has 0 bridgehead atoms. The van der Waals surface area contributed by atoms with Crippen LogP contribution in [0.25, 0.3) is 0 Å². The van der Waals surface area contributed by atoms with Crippen molar-refractivity contribution in [3.8, 4) is 0 Å². The lowest BCUT2D eigenvalue weighted by Gasteiger charge is -2.39. The standard InChI is InChI=1S/C12H20N2O4/c1-7-9-8(17-10(15)13-9)5-6-14(7)11(16)18-12(2,3)4/h7-9H,5-6H2,1-4H3,(H,13,15)/t7-,8?,9?/m0/s1. The highest BCUT2D eigenvalue weighted by Crippen LogP contribution is 2.26. The quantitative estimate of drug-likeness (QED) is 0.713. The average molecular weight is 256 g/mol. The third kappa shape index (κ3) is 2.52. The Morgan fingerprint density at radius 3 is 2.78 bits per heavy atom. The topological polar surface area (TPSA) is 67.9 Å². The van der Waals surface area contributed by atoms with Crippen LogP contribution in [0.3, 0.4) is 0 Å². The summed E-state index contributed by atoms with van der Waals surface area (Å²) in [5.41, 5.74) is -0.511. The average Bonchev–Trinajstić information content (AvgIpc) is 2.57. The molecule has 18 heavy (non-hydrogen) atoms. The van der Waals surface area contributed by atoms with Crippen LogP contribution in [0.5, 0.6) is 0 Å². The molecule has 2 amide bonds. The zero-order valence-corrected chi connectivity index (χ0v) is 11.2. The number of likely N-dealkylation sites (tertiary alicyclic amines) is 1. The van der Waals surface area contributed by atoms with Crippen LogP contribution in [0.4, 0.5) is 9.59 Å². The molecule has 6 nitrogen and oxygen atoms in total. The highest BCUT2D eigenvalue weighted by molar-refractivity contribution is 5.72. The molecule has 2 aliphatic heterocycles. The first kappa shape index (κ1) is 13.0. The van der Waals surface area contributed by atoms with Crippen molar-refractivity contribution in [2.24, 2.45) is 0 Å². The molecule has 0 aromatic carbocycles. The molecule has 2 unspecified atom stereocenters. The Bertz CT molecular complexity index is 364. The molecule has 0 spiro atoms. The van der Waals surface area contributed by atoms with Crippen LogP contribution in [0.15, 0.2) is 0 Å². The zero-order chi connectivity index (χ0) is 13.5. The molecule has 3 atom stereocenters. The molecule has 6 heteroatoms. The van der Waals surface area contributed by atoms with Gasteiger partial charge in [-0.3, -0.25) is 0 Å². The van der Waals surface area contributed by atoms with E-state index in [4.69, 9.17) is 9.47 Å². The molecule has 1 N–H and O–H groups in total. The normalized spacial score (nSPS) is 31.4. The van der Waals surface area contributed by atoms with Gasteiger partial charge in [0.25, 0.3) is 0 Å². The van der Waals surface area contributed by atoms with Gasteiger partial charge in [-0.15, -0.1) is 0 Å². The summed E-state index contributed by atoms with van der Waals surface area (Å²) in [6.45, 7) is 7.95. The van der Waals surface area contributed by atoms with E-state index < -0.39 is 11.7 Å². The number of fused-ring (bicyclic) bond motifs is 1. The molecule has 0 aliphatic carbocycles. The number of nitrogens with zero attached hydrogens (tertiary/aromatic N) is 1. The minimum atomic E-state index is -0.511. The van der Waals surface area contributed by atoms with Gasteiger partial charge in [0.05, 0.1) is 12.1 Å². The van der Waals surface area contributed by atoms with E-state index in [-0.39, 0.29) is 24.3 Å². The SMILES string of the molecule is C[C@H]1C2NC(=O)OC2CCN1C(=O)OC(C)(C)C. The van der Waals surface area contributed by atoms with Gasteiger partial charge in [-0.1, -0.05) is 0 Å². The predicted molar refractivity (Wildman–Crippen MR) is 64.2 cm³/mol. The Morgan fingerprint density at radius 1 is 1.50 bits per heavy atom. The fourth-order valence-corrected chi connectivity index (χ4v) is 2.39. The molecular formula is C12H20N2O4. The van der Waals surface area contributed by atoms with E-state index in [1.807, 2.05) is 27.7 Å². The largest absolute Gasteiger partial charge is 0.444 e. The Morgan fingerprint density at radius 2 is 2.17 bits per heavy atom. The minimum Gasteiger partial charge on any atom is -0.444 e. The van der Waals surface area contributed by atoms with Crippen LogP contribution in [0.1, 0.15) is 34.1 Å². The summed E-state index contributed by atoms with van der Waals surface area (Å²) in [7, 11) is 0. The first-order valence-corrected chi connectivity index (χ1v) is 6.25. The maximum absolute atomic E-state index is 12.0. The molecular weight excluding hydrogens is 236 g/mol. The number of nitrogens with one attached hydrogen (secondary N) is 1. The third-order valence-corrected chi connectivity index (χ3v) is 3.24. The Balaban J connectivity index is 2.03. The summed E-state index contributed by atoms with van der Waals surface area (Å²) >= 11 is 0. The van der Waals surface area contributed by atoms with Crippen molar-refractivity contribution in [2.75, 3.05) is 6.54 Å². The van der Waals surface area contributed by atoms with E-state index in [1.54, 1.807) is 4.90 Å². The van der Waals surface area contributed by atoms with Crippen LogP contribution in [0.2, 0.25) is 0 Å². The van der Waals surface area contributed by atoms with Crippen LogP contribution < -0.4 is 5.32 Å². The van der Waals surface area contributed by atoms with E-state index in [0.29, 0.717) is 13.0 Å². The van der Waals surface area contributed by atoms with E-state index in [2.05, 4.69) is 5.32 Å². The number of hydrogen-bond donors (Lipinski definition) is 1. The van der Waals surface area contributed by atoms with Crippen molar-refractivity contribution in [1.82, 2.24) is 10.2 Å². The number of hydrogen-bond acceptors (Lipinski definition) is 4. The van der Waals surface area contributed by atoms with Crippen molar-refractivity contribution in [3.63, 3.8) is 0 Å². The van der Waals surface area contributed by atoms with Gasteiger partial charge in [0.2, 0.25) is 0 Å². The Hall–Kier alpha value is -1.46. The summed E-state index contributed by atoms with van der Waals surface area (Å²) < 4.78 is 10.5. The Labute approximate surface area is 107 Å². The van der Waals surface area contributed by atoms with Gasteiger partial charge in [-0.05, 0) is 27.7 Å². The maximum Gasteiger partial charge on any atom is 0.410 e. The summed E-state index contributed by atoms with van der Waals surface area (Å²) in [6.07, 6.45) is -0.226. The zero-order valence-electron chi connectivity index (χ0n) is 11.2. The fraction of sp³-hybridized carbons (Fsp3) is 0.833. The highest BCUT2D eigenvalue weighted by atomic mass is 16.6. The van der Waals surface area contributed by atoms with Crippen molar-refractivity contribution in [3.05, 3.63) is 0 Å². The number of carbonyl (C=O) groups excluding carboxylic acids is 2. The minimum absolute atomic E-state index is 0.120. The van der Waals surface area contributed by atoms with Gasteiger partial charge < -0.3 is 19.7 Å². The second-order valence-corrected chi connectivity index (χ2v) is 5.82. The van der Waals surface area contributed by atoms with Gasteiger partial charge >= 0.3 is 12.2 Å². The lowest BCUT2D eigenvalue weighted by Crippen LogP contribution is -2.58. The van der Waals surface area contributed by atoms with E-state index in [9.17, 15) is 9.59 Å². The predicted octanol–water partition coefficient (Wildman–Crippen LogP) is 1.49. The number of carbonyl (C=O) groups is 2. The van der Waals surface area contributed by atoms with Crippen molar-refractivity contribution in [1.29, 1.82) is 0 Å². The third-order valence-electron chi connectivity index (χ3n) is 3.24. The molecule has 2 saturated heterocycles. The summed E-state index contributed by atoms with van der Waals surface area (Å²) in [5.74, 6) is 0. The van der Waals surface area contributed by atoms with Crippen LogP contribution in [0, 0.1) is 0 Å². The first-order valence-electron chi connectivity index (χ1n) is 6.25. The number of amides is 2. The lowest BCUT2D eigenvalue weighted by atomic mass is 9.96. The highest BCUT2D eigenvalue weighted by Gasteiger charge is 2.45. The maximum atomic E-state index is 12.0. The molecule has 102 valence electrons. The number of ether oxygens (including phenoxy) is 2. The molecule has 0 saturated carbocycles. The van der Waals surface area contributed by atoms with E-state index >= 15 is 0 Å². The van der Waals surface area contributed by atoms with Gasteiger partial charge in [-0.2, -0.15) is 0 Å². The van der Waals surface area contributed by atoms with Crippen LogP contribution >= 0.6 is 0 Å². The van der Waals surface area contributed by atoms with E-state index in [0.717, 1.165) is 0 Å². The van der Waals surface area contributed by atoms with Gasteiger partial charge in [0.1, 0.15) is 11.7 Å². The molecule has 0 radical (unpaired) electrons. The van der Waals surface area contributed by atoms with Gasteiger partial charge in [0.15, 0.2) is 0 Å². The smallest absolute Gasteiger partial charge is 0.410 e. The molecule has 0 aromatic heterocycles. The van der Waals surface area contributed by atoms with E-state index in [1.165, 1.54) is 0 Å². The number of piperidine rings is 1. The molecule has 2 aliphatic rings. The number of rotatable bonds is 0. The molecule has 2 heterocycles. The second kappa shape index (κ2) is 4.33.